The first kappa shape index (κ1) is 11.2. The molecular weight excluding hydrogens is 198 g/mol. The molecule has 1 aliphatic rings. The molecular formula is C14H19NO. The summed E-state index contributed by atoms with van der Waals surface area (Å²) in [5.74, 6) is 0.992. The van der Waals surface area contributed by atoms with Crippen LogP contribution in [0.2, 0.25) is 0 Å². The number of hydrogen-bond donors (Lipinski definition) is 1. The van der Waals surface area contributed by atoms with Crippen LogP contribution in [0, 0.1) is 0 Å². The molecule has 2 nitrogen and oxygen atoms in total. The Morgan fingerprint density at radius 1 is 1.38 bits per heavy atom. The van der Waals surface area contributed by atoms with Gasteiger partial charge in [-0.15, -0.1) is 0 Å². The van der Waals surface area contributed by atoms with Crippen LogP contribution >= 0.6 is 0 Å². The van der Waals surface area contributed by atoms with Crippen LogP contribution in [0.4, 0.5) is 0 Å². The molecule has 0 aromatic heterocycles. The zero-order chi connectivity index (χ0) is 11.4. The summed E-state index contributed by atoms with van der Waals surface area (Å²) in [6, 6.07) is 8.58. The lowest BCUT2D eigenvalue weighted by molar-refractivity contribution is 0.339. The highest BCUT2D eigenvalue weighted by Gasteiger charge is 2.14. The van der Waals surface area contributed by atoms with Crippen LogP contribution in [-0.4, -0.2) is 12.6 Å². The molecule has 2 heteroatoms. The molecule has 0 saturated carbocycles. The zero-order valence-corrected chi connectivity index (χ0v) is 9.78. The lowest BCUT2D eigenvalue weighted by atomic mass is 9.91. The van der Waals surface area contributed by atoms with Crippen molar-refractivity contribution in [1.29, 1.82) is 0 Å². The number of allylic oxidation sites excluding steroid dienone is 1. The molecule has 0 heterocycles. The second-order valence-electron chi connectivity index (χ2n) is 4.19. The van der Waals surface area contributed by atoms with Gasteiger partial charge in [0.25, 0.3) is 0 Å². The van der Waals surface area contributed by atoms with Crippen molar-refractivity contribution in [3.8, 4) is 5.75 Å². The van der Waals surface area contributed by atoms with Gasteiger partial charge in [-0.1, -0.05) is 24.3 Å². The zero-order valence-electron chi connectivity index (χ0n) is 9.78. The van der Waals surface area contributed by atoms with E-state index in [1.54, 1.807) is 0 Å². The second kappa shape index (κ2) is 5.17. The van der Waals surface area contributed by atoms with Crippen molar-refractivity contribution in [3.05, 3.63) is 35.9 Å². The van der Waals surface area contributed by atoms with Gasteiger partial charge in [-0.2, -0.15) is 0 Å². The number of hydrogen-bond acceptors (Lipinski definition) is 2. The molecule has 0 radical (unpaired) electrons. The summed E-state index contributed by atoms with van der Waals surface area (Å²) in [6.07, 6.45) is 5.37. The molecule has 1 aromatic rings. The van der Waals surface area contributed by atoms with Crippen molar-refractivity contribution in [2.45, 2.75) is 32.2 Å². The van der Waals surface area contributed by atoms with E-state index in [9.17, 15) is 0 Å². The van der Waals surface area contributed by atoms with Crippen molar-refractivity contribution >= 4 is 5.57 Å². The Hall–Kier alpha value is -1.28. The summed E-state index contributed by atoms with van der Waals surface area (Å²) in [6.45, 7) is 2.73. The molecule has 0 aliphatic heterocycles. The van der Waals surface area contributed by atoms with Crippen molar-refractivity contribution in [2.24, 2.45) is 5.73 Å². The van der Waals surface area contributed by atoms with E-state index in [1.165, 1.54) is 11.1 Å². The highest BCUT2D eigenvalue weighted by molar-refractivity contribution is 5.71. The minimum absolute atomic E-state index is 0.336. The highest BCUT2D eigenvalue weighted by Crippen LogP contribution is 2.32. The monoisotopic (exact) mass is 217 g/mol. The first-order chi connectivity index (χ1) is 7.81. The minimum atomic E-state index is 0.336. The fourth-order valence-corrected chi connectivity index (χ4v) is 2.11. The van der Waals surface area contributed by atoms with Crippen molar-refractivity contribution in [1.82, 2.24) is 0 Å². The molecule has 1 aromatic carbocycles. The standard InChI is InChI=1S/C14H19NO/c1-2-16-14-6-4-3-5-13(14)11-7-9-12(15)10-8-11/h3-7,12H,2,8-10,15H2,1H3. The summed E-state index contributed by atoms with van der Waals surface area (Å²) in [7, 11) is 0. The van der Waals surface area contributed by atoms with Gasteiger partial charge in [0.15, 0.2) is 0 Å². The highest BCUT2D eigenvalue weighted by atomic mass is 16.5. The first-order valence-corrected chi connectivity index (χ1v) is 5.98. The second-order valence-corrected chi connectivity index (χ2v) is 4.19. The molecule has 0 amide bonds. The van der Waals surface area contributed by atoms with Crippen LogP contribution in [0.1, 0.15) is 31.7 Å². The molecule has 1 atom stereocenters. The number of nitrogens with two attached hydrogens (primary N) is 1. The van der Waals surface area contributed by atoms with Crippen LogP contribution in [0.5, 0.6) is 5.75 Å². The van der Waals surface area contributed by atoms with Gasteiger partial charge in [-0.05, 0) is 37.8 Å². The van der Waals surface area contributed by atoms with Gasteiger partial charge in [-0.3, -0.25) is 0 Å². The van der Waals surface area contributed by atoms with Crippen molar-refractivity contribution in [2.75, 3.05) is 6.61 Å². The lowest BCUT2D eigenvalue weighted by Gasteiger charge is -2.20. The Morgan fingerprint density at radius 3 is 2.88 bits per heavy atom. The van der Waals surface area contributed by atoms with E-state index in [2.05, 4.69) is 18.2 Å². The van der Waals surface area contributed by atoms with Crippen LogP contribution in [0.3, 0.4) is 0 Å². The molecule has 16 heavy (non-hydrogen) atoms. The summed E-state index contributed by atoms with van der Waals surface area (Å²) in [4.78, 5) is 0. The molecule has 86 valence electrons. The number of ether oxygens (including phenoxy) is 1. The average Bonchev–Trinajstić information content (AvgIpc) is 2.32. The fourth-order valence-electron chi connectivity index (χ4n) is 2.11. The Morgan fingerprint density at radius 2 is 2.19 bits per heavy atom. The van der Waals surface area contributed by atoms with Gasteiger partial charge in [-0.25, -0.2) is 0 Å². The third-order valence-corrected chi connectivity index (χ3v) is 2.98. The quantitative estimate of drug-likeness (QED) is 0.844. The first-order valence-electron chi connectivity index (χ1n) is 5.98. The molecule has 2 N–H and O–H groups in total. The summed E-state index contributed by atoms with van der Waals surface area (Å²) in [5.41, 5.74) is 8.51. The fraction of sp³-hybridized carbons (Fsp3) is 0.429. The van der Waals surface area contributed by atoms with Gasteiger partial charge < -0.3 is 10.5 Å². The SMILES string of the molecule is CCOc1ccccc1C1=CCC(N)CC1. The van der Waals surface area contributed by atoms with Crippen molar-refractivity contribution < 1.29 is 4.74 Å². The van der Waals surface area contributed by atoms with Gasteiger partial charge in [0.1, 0.15) is 5.75 Å². The Bertz CT molecular complexity index is 384. The average molecular weight is 217 g/mol. The van der Waals surface area contributed by atoms with E-state index in [4.69, 9.17) is 10.5 Å². The molecule has 0 saturated heterocycles. The predicted octanol–water partition coefficient (Wildman–Crippen LogP) is 2.98. The summed E-state index contributed by atoms with van der Waals surface area (Å²) >= 11 is 0. The third-order valence-electron chi connectivity index (χ3n) is 2.98. The Kier molecular flexibility index (Phi) is 3.62. The summed E-state index contributed by atoms with van der Waals surface area (Å²) < 4.78 is 5.64. The van der Waals surface area contributed by atoms with Crippen LogP contribution in [0.25, 0.3) is 5.57 Å². The van der Waals surface area contributed by atoms with Gasteiger partial charge in [0.2, 0.25) is 0 Å². The van der Waals surface area contributed by atoms with E-state index in [0.29, 0.717) is 12.6 Å². The maximum absolute atomic E-state index is 5.90. The van der Waals surface area contributed by atoms with E-state index in [-0.39, 0.29) is 0 Å². The van der Waals surface area contributed by atoms with Gasteiger partial charge in [0.05, 0.1) is 6.61 Å². The number of benzene rings is 1. The number of para-hydroxylation sites is 1. The van der Waals surface area contributed by atoms with Crippen molar-refractivity contribution in [3.63, 3.8) is 0 Å². The largest absolute Gasteiger partial charge is 0.493 e. The third kappa shape index (κ3) is 2.45. The van der Waals surface area contributed by atoms with E-state index < -0.39 is 0 Å². The van der Waals surface area contributed by atoms with Crippen LogP contribution in [-0.2, 0) is 0 Å². The summed E-state index contributed by atoms with van der Waals surface area (Å²) in [5, 5.41) is 0. The van der Waals surface area contributed by atoms with Crippen LogP contribution < -0.4 is 10.5 Å². The predicted molar refractivity (Wildman–Crippen MR) is 67.4 cm³/mol. The Balaban J connectivity index is 2.25. The molecule has 1 aliphatic carbocycles. The topological polar surface area (TPSA) is 35.2 Å². The smallest absolute Gasteiger partial charge is 0.126 e. The molecule has 0 spiro atoms. The Labute approximate surface area is 97.1 Å². The number of rotatable bonds is 3. The van der Waals surface area contributed by atoms with Crippen LogP contribution in [0.15, 0.2) is 30.3 Å². The minimum Gasteiger partial charge on any atom is -0.493 e. The normalized spacial score (nSPS) is 20.4. The maximum atomic E-state index is 5.90. The molecule has 0 bridgehead atoms. The molecule has 0 fully saturated rings. The molecule has 2 rings (SSSR count). The van der Waals surface area contributed by atoms with E-state index in [0.717, 1.165) is 25.0 Å². The van der Waals surface area contributed by atoms with Gasteiger partial charge >= 0.3 is 0 Å². The van der Waals surface area contributed by atoms with E-state index in [1.807, 2.05) is 19.1 Å². The van der Waals surface area contributed by atoms with E-state index >= 15 is 0 Å². The lowest BCUT2D eigenvalue weighted by Crippen LogP contribution is -2.21. The molecule has 1 unspecified atom stereocenters. The van der Waals surface area contributed by atoms with Gasteiger partial charge in [0, 0.05) is 11.6 Å². The maximum Gasteiger partial charge on any atom is 0.126 e.